The van der Waals surface area contributed by atoms with Crippen LogP contribution >= 0.6 is 11.3 Å². The summed E-state index contributed by atoms with van der Waals surface area (Å²) >= 11 is 1.61. The molecule has 0 spiro atoms. The summed E-state index contributed by atoms with van der Waals surface area (Å²) in [6.07, 6.45) is 2.07. The second kappa shape index (κ2) is 4.38. The fraction of sp³-hybridized carbons (Fsp3) is 0.444. The summed E-state index contributed by atoms with van der Waals surface area (Å²) in [5.41, 5.74) is 9.70. The van der Waals surface area contributed by atoms with Crippen molar-refractivity contribution in [1.82, 2.24) is 4.98 Å². The van der Waals surface area contributed by atoms with Gasteiger partial charge in [-0.1, -0.05) is 19.4 Å². The molecule has 12 heavy (non-hydrogen) atoms. The molecule has 0 aliphatic rings. The fourth-order valence-corrected chi connectivity index (χ4v) is 1.46. The maximum Gasteiger partial charge on any atom is 0.0798 e. The minimum absolute atomic E-state index is 0.511. The van der Waals surface area contributed by atoms with Gasteiger partial charge in [-0.2, -0.15) is 0 Å². The van der Waals surface area contributed by atoms with E-state index in [1.165, 1.54) is 5.57 Å². The molecule has 2 nitrogen and oxygen atoms in total. The second-order valence-electron chi connectivity index (χ2n) is 2.99. The van der Waals surface area contributed by atoms with Crippen LogP contribution in [0.3, 0.4) is 0 Å². The van der Waals surface area contributed by atoms with Gasteiger partial charge in [-0.05, 0) is 12.0 Å². The van der Waals surface area contributed by atoms with Crippen LogP contribution in [0.1, 0.15) is 19.5 Å². The van der Waals surface area contributed by atoms with Gasteiger partial charge in [-0.15, -0.1) is 11.3 Å². The number of thiazole rings is 1. The molecule has 0 saturated carbocycles. The van der Waals surface area contributed by atoms with Crippen LogP contribution in [0.25, 0.3) is 6.08 Å². The Bertz CT molecular complexity index is 250. The molecule has 0 aliphatic heterocycles. The predicted octanol–water partition coefficient (Wildman–Crippen LogP) is 2.14. The quantitative estimate of drug-likeness (QED) is 0.778. The summed E-state index contributed by atoms with van der Waals surface area (Å²) < 4.78 is 0. The third-order valence-corrected chi connectivity index (χ3v) is 2.37. The van der Waals surface area contributed by atoms with Gasteiger partial charge in [0.05, 0.1) is 11.2 Å². The molecule has 3 heteroatoms. The summed E-state index contributed by atoms with van der Waals surface area (Å²) in [5, 5.41) is 2.03. The van der Waals surface area contributed by atoms with Crippen LogP contribution in [0.2, 0.25) is 0 Å². The van der Waals surface area contributed by atoms with E-state index in [0.29, 0.717) is 12.5 Å². The molecule has 1 rings (SSSR count). The molecule has 1 aromatic rings. The molecule has 0 amide bonds. The minimum Gasteiger partial charge on any atom is -0.327 e. The predicted molar refractivity (Wildman–Crippen MR) is 54.0 cm³/mol. The first kappa shape index (κ1) is 9.42. The van der Waals surface area contributed by atoms with Gasteiger partial charge < -0.3 is 5.73 Å². The third-order valence-electron chi connectivity index (χ3n) is 1.76. The highest BCUT2D eigenvalue weighted by Gasteiger charge is 2.01. The van der Waals surface area contributed by atoms with E-state index in [-0.39, 0.29) is 0 Å². The Morgan fingerprint density at radius 2 is 2.50 bits per heavy atom. The fourth-order valence-electron chi connectivity index (χ4n) is 0.944. The third kappa shape index (κ3) is 2.43. The van der Waals surface area contributed by atoms with Crippen molar-refractivity contribution in [3.8, 4) is 0 Å². The molecule has 0 bridgehead atoms. The first-order valence-corrected chi connectivity index (χ1v) is 4.97. The zero-order valence-corrected chi connectivity index (χ0v) is 8.27. The summed E-state index contributed by atoms with van der Waals surface area (Å²) in [7, 11) is 0. The van der Waals surface area contributed by atoms with Crippen LogP contribution in [0.4, 0.5) is 0 Å². The maximum absolute atomic E-state index is 5.60. The average molecular weight is 182 g/mol. The summed E-state index contributed by atoms with van der Waals surface area (Å²) in [5.74, 6) is 0.511. The molecule has 0 aromatic carbocycles. The van der Waals surface area contributed by atoms with Crippen LogP contribution in [0, 0.1) is 5.92 Å². The summed E-state index contributed by atoms with van der Waals surface area (Å²) in [6.45, 7) is 4.91. The van der Waals surface area contributed by atoms with Crippen LogP contribution in [-0.2, 0) is 0 Å². The van der Waals surface area contributed by atoms with E-state index in [9.17, 15) is 0 Å². The molecular formula is C9H14N2S. The van der Waals surface area contributed by atoms with Gasteiger partial charge >= 0.3 is 0 Å². The van der Waals surface area contributed by atoms with Crippen molar-refractivity contribution < 1.29 is 0 Å². The van der Waals surface area contributed by atoms with Gasteiger partial charge in [0.15, 0.2) is 0 Å². The zero-order valence-electron chi connectivity index (χ0n) is 7.45. The highest BCUT2D eigenvalue weighted by Crippen LogP contribution is 2.13. The Kier molecular flexibility index (Phi) is 3.44. The zero-order chi connectivity index (χ0) is 8.97. The molecular weight excluding hydrogens is 168 g/mol. The Labute approximate surface area is 77.1 Å². The van der Waals surface area contributed by atoms with Crippen molar-refractivity contribution in [2.45, 2.75) is 13.8 Å². The second-order valence-corrected chi connectivity index (χ2v) is 3.71. The van der Waals surface area contributed by atoms with E-state index in [0.717, 1.165) is 5.69 Å². The van der Waals surface area contributed by atoms with Crippen LogP contribution in [0.15, 0.2) is 16.5 Å². The van der Waals surface area contributed by atoms with E-state index < -0.39 is 0 Å². The Morgan fingerprint density at radius 3 is 2.92 bits per heavy atom. The van der Waals surface area contributed by atoms with Crippen LogP contribution in [-0.4, -0.2) is 11.5 Å². The largest absolute Gasteiger partial charge is 0.327 e. The van der Waals surface area contributed by atoms with E-state index in [1.54, 1.807) is 11.3 Å². The standard InChI is InChI=1S/C9H14N2S/c1-7(2)8(4-10)3-9-5-12-6-11-9/h3,5-7H,4,10H2,1-2H3/b8-3-. The summed E-state index contributed by atoms with van der Waals surface area (Å²) in [6, 6.07) is 0. The van der Waals surface area contributed by atoms with Gasteiger partial charge in [0, 0.05) is 11.9 Å². The normalized spacial score (nSPS) is 12.5. The Balaban J connectivity index is 2.78. The smallest absolute Gasteiger partial charge is 0.0798 e. The molecule has 0 fully saturated rings. The Hall–Kier alpha value is -0.670. The molecule has 1 aromatic heterocycles. The highest BCUT2D eigenvalue weighted by molar-refractivity contribution is 7.07. The van der Waals surface area contributed by atoms with Gasteiger partial charge in [0.1, 0.15) is 0 Å². The SMILES string of the molecule is CC(C)/C(=C\c1cscn1)CN. The number of nitrogens with two attached hydrogens (primary N) is 1. The Morgan fingerprint density at radius 1 is 1.75 bits per heavy atom. The van der Waals surface area contributed by atoms with Crippen LogP contribution < -0.4 is 5.73 Å². The molecule has 1 heterocycles. The molecule has 0 radical (unpaired) electrons. The maximum atomic E-state index is 5.60. The highest BCUT2D eigenvalue weighted by atomic mass is 32.1. The molecule has 66 valence electrons. The minimum atomic E-state index is 0.511. The lowest BCUT2D eigenvalue weighted by Crippen LogP contribution is -2.08. The number of aromatic nitrogens is 1. The molecule has 2 N–H and O–H groups in total. The van der Waals surface area contributed by atoms with Gasteiger partial charge in [-0.25, -0.2) is 4.98 Å². The van der Waals surface area contributed by atoms with E-state index in [2.05, 4.69) is 24.9 Å². The van der Waals surface area contributed by atoms with Crippen molar-refractivity contribution in [1.29, 1.82) is 0 Å². The number of hydrogen-bond donors (Lipinski definition) is 1. The first-order valence-electron chi connectivity index (χ1n) is 4.02. The molecule has 0 saturated heterocycles. The topological polar surface area (TPSA) is 38.9 Å². The molecule has 0 atom stereocenters. The monoisotopic (exact) mass is 182 g/mol. The van der Waals surface area contributed by atoms with E-state index in [4.69, 9.17) is 5.73 Å². The lowest BCUT2D eigenvalue weighted by molar-refractivity contribution is 0.752. The number of rotatable bonds is 3. The lowest BCUT2D eigenvalue weighted by Gasteiger charge is -2.06. The number of nitrogens with zero attached hydrogens (tertiary/aromatic N) is 1. The summed E-state index contributed by atoms with van der Waals surface area (Å²) in [4.78, 5) is 4.17. The lowest BCUT2D eigenvalue weighted by atomic mass is 10.0. The number of hydrogen-bond acceptors (Lipinski definition) is 3. The van der Waals surface area contributed by atoms with Crippen LogP contribution in [0.5, 0.6) is 0 Å². The van der Waals surface area contributed by atoms with E-state index in [1.807, 2.05) is 10.9 Å². The van der Waals surface area contributed by atoms with Crippen molar-refractivity contribution in [3.63, 3.8) is 0 Å². The van der Waals surface area contributed by atoms with Crippen molar-refractivity contribution >= 4 is 17.4 Å². The first-order chi connectivity index (χ1) is 5.74. The van der Waals surface area contributed by atoms with Crippen molar-refractivity contribution in [3.05, 3.63) is 22.2 Å². The van der Waals surface area contributed by atoms with Gasteiger partial charge in [-0.3, -0.25) is 0 Å². The molecule has 0 aliphatic carbocycles. The molecule has 0 unspecified atom stereocenters. The van der Waals surface area contributed by atoms with Gasteiger partial charge in [0.25, 0.3) is 0 Å². The van der Waals surface area contributed by atoms with Crippen molar-refractivity contribution in [2.24, 2.45) is 11.7 Å². The van der Waals surface area contributed by atoms with Crippen molar-refractivity contribution in [2.75, 3.05) is 6.54 Å². The van der Waals surface area contributed by atoms with E-state index >= 15 is 0 Å². The van der Waals surface area contributed by atoms with Gasteiger partial charge in [0.2, 0.25) is 0 Å². The average Bonchev–Trinajstić information content (AvgIpc) is 2.51.